The molecule has 0 amide bonds. The molecule has 3 rings (SSSR count). The first-order valence-corrected chi connectivity index (χ1v) is 7.11. The highest BCUT2D eigenvalue weighted by Crippen LogP contribution is 2.29. The Bertz CT molecular complexity index is 494. The fourth-order valence-corrected chi connectivity index (χ4v) is 3.23. The van der Waals surface area contributed by atoms with Crippen LogP contribution >= 0.6 is 0 Å². The summed E-state index contributed by atoms with van der Waals surface area (Å²) in [6.45, 7) is 2.80. The van der Waals surface area contributed by atoms with E-state index in [1.807, 2.05) is 0 Å². The van der Waals surface area contributed by atoms with Crippen LogP contribution < -0.4 is 0 Å². The highest BCUT2D eigenvalue weighted by Gasteiger charge is 2.32. The van der Waals surface area contributed by atoms with Gasteiger partial charge in [-0.1, -0.05) is 0 Å². The Morgan fingerprint density at radius 2 is 1.90 bits per heavy atom. The van der Waals surface area contributed by atoms with Crippen molar-refractivity contribution in [3.8, 4) is 0 Å². The van der Waals surface area contributed by atoms with Crippen molar-refractivity contribution < 1.29 is 17.9 Å². The second-order valence-corrected chi connectivity index (χ2v) is 5.69. The molecule has 5 heteroatoms. The third-order valence-corrected chi connectivity index (χ3v) is 4.28. The molecule has 20 heavy (non-hydrogen) atoms. The zero-order valence-corrected chi connectivity index (χ0v) is 11.2. The second-order valence-electron chi connectivity index (χ2n) is 5.69. The first-order chi connectivity index (χ1) is 9.63. The molecule has 0 bridgehead atoms. The van der Waals surface area contributed by atoms with E-state index in [1.54, 1.807) is 0 Å². The lowest BCUT2D eigenvalue weighted by molar-refractivity contribution is -0.0677. The molecule has 0 saturated carbocycles. The number of hydrogen-bond acceptors (Lipinski definition) is 2. The summed E-state index contributed by atoms with van der Waals surface area (Å²) in [6.07, 6.45) is 3.43. The quantitative estimate of drug-likeness (QED) is 0.774. The molecule has 1 aromatic carbocycles. The Morgan fingerprint density at radius 1 is 1.10 bits per heavy atom. The maximum Gasteiger partial charge on any atom is 0.161 e. The summed E-state index contributed by atoms with van der Waals surface area (Å²) < 4.78 is 45.5. The molecular formula is C15H18F3NO. The van der Waals surface area contributed by atoms with Crippen LogP contribution in [0.2, 0.25) is 0 Å². The van der Waals surface area contributed by atoms with Crippen molar-refractivity contribution in [3.63, 3.8) is 0 Å². The lowest BCUT2D eigenvalue weighted by Gasteiger charge is -2.41. The normalized spacial score (nSPS) is 27.4. The average molecular weight is 285 g/mol. The minimum absolute atomic E-state index is 0.221. The van der Waals surface area contributed by atoms with Crippen LogP contribution in [0, 0.1) is 23.4 Å². The van der Waals surface area contributed by atoms with Gasteiger partial charge in [-0.3, -0.25) is 4.90 Å². The molecule has 0 N–H and O–H groups in total. The Morgan fingerprint density at radius 3 is 2.75 bits per heavy atom. The Hall–Kier alpha value is -1.07. The first-order valence-electron chi connectivity index (χ1n) is 7.11. The van der Waals surface area contributed by atoms with E-state index in [0.717, 1.165) is 45.0 Å². The van der Waals surface area contributed by atoms with Crippen LogP contribution in [-0.4, -0.2) is 30.7 Å². The predicted molar refractivity (Wildman–Crippen MR) is 68.7 cm³/mol. The third-order valence-electron chi connectivity index (χ3n) is 4.28. The molecule has 2 nitrogen and oxygen atoms in total. The van der Waals surface area contributed by atoms with Gasteiger partial charge in [0.2, 0.25) is 0 Å². The van der Waals surface area contributed by atoms with Crippen molar-refractivity contribution in [3.05, 3.63) is 35.1 Å². The number of hydrogen-bond donors (Lipinski definition) is 0. The largest absolute Gasteiger partial charge is 0.378 e. The van der Waals surface area contributed by atoms with Crippen LogP contribution in [0.15, 0.2) is 12.1 Å². The van der Waals surface area contributed by atoms with E-state index in [4.69, 9.17) is 4.74 Å². The molecule has 0 radical (unpaired) electrons. The standard InChI is InChI=1S/C15H18F3NO/c16-12-7-14(18)13(17)6-11(12)9-19-4-3-15-10(8-19)2-1-5-20-15/h6-7,10,15H,1-5,8-9H2. The molecule has 0 aliphatic carbocycles. The van der Waals surface area contributed by atoms with E-state index in [-0.39, 0.29) is 5.56 Å². The molecule has 0 aromatic heterocycles. The van der Waals surface area contributed by atoms with Crippen molar-refractivity contribution in [2.75, 3.05) is 19.7 Å². The molecule has 2 aliphatic heterocycles. The highest BCUT2D eigenvalue weighted by molar-refractivity contribution is 5.20. The Labute approximate surface area is 116 Å². The zero-order chi connectivity index (χ0) is 14.1. The first kappa shape index (κ1) is 13.9. The van der Waals surface area contributed by atoms with E-state index in [1.165, 1.54) is 0 Å². The van der Waals surface area contributed by atoms with Gasteiger partial charge in [-0.15, -0.1) is 0 Å². The van der Waals surface area contributed by atoms with Crippen LogP contribution in [0.4, 0.5) is 13.2 Å². The number of fused-ring (bicyclic) bond motifs is 1. The van der Waals surface area contributed by atoms with Gasteiger partial charge in [0.15, 0.2) is 11.6 Å². The van der Waals surface area contributed by atoms with Gasteiger partial charge < -0.3 is 4.74 Å². The summed E-state index contributed by atoms with van der Waals surface area (Å²) in [5, 5.41) is 0. The lowest BCUT2D eigenvalue weighted by Crippen LogP contribution is -2.45. The maximum absolute atomic E-state index is 13.7. The number of piperidine rings is 1. The Kier molecular flexibility index (Phi) is 3.98. The summed E-state index contributed by atoms with van der Waals surface area (Å²) in [5.74, 6) is -2.32. The van der Waals surface area contributed by atoms with E-state index in [9.17, 15) is 13.2 Å². The molecule has 2 aliphatic rings. The summed E-state index contributed by atoms with van der Waals surface area (Å²) >= 11 is 0. The summed E-state index contributed by atoms with van der Waals surface area (Å²) in [4.78, 5) is 2.10. The van der Waals surface area contributed by atoms with E-state index < -0.39 is 17.5 Å². The molecule has 2 unspecified atom stereocenters. The van der Waals surface area contributed by atoms with Gasteiger partial charge in [0.05, 0.1) is 6.10 Å². The SMILES string of the molecule is Fc1cc(F)c(CN2CCC3OCCCC3C2)cc1F. The smallest absolute Gasteiger partial charge is 0.161 e. The van der Waals surface area contributed by atoms with E-state index in [0.29, 0.717) is 24.6 Å². The van der Waals surface area contributed by atoms with Gasteiger partial charge in [-0.25, -0.2) is 13.2 Å². The van der Waals surface area contributed by atoms with Gasteiger partial charge in [-0.05, 0) is 31.2 Å². The number of likely N-dealkylation sites (tertiary alicyclic amines) is 1. The average Bonchev–Trinajstić information content (AvgIpc) is 2.44. The number of halogens is 3. The van der Waals surface area contributed by atoms with Crippen molar-refractivity contribution in [2.24, 2.45) is 5.92 Å². The van der Waals surface area contributed by atoms with Crippen LogP contribution in [0.3, 0.4) is 0 Å². The van der Waals surface area contributed by atoms with Crippen LogP contribution in [-0.2, 0) is 11.3 Å². The molecule has 0 spiro atoms. The maximum atomic E-state index is 13.7. The molecule has 2 saturated heterocycles. The number of ether oxygens (including phenoxy) is 1. The van der Waals surface area contributed by atoms with Crippen LogP contribution in [0.25, 0.3) is 0 Å². The van der Waals surface area contributed by atoms with Gasteiger partial charge in [0.1, 0.15) is 5.82 Å². The molecule has 110 valence electrons. The minimum Gasteiger partial charge on any atom is -0.378 e. The van der Waals surface area contributed by atoms with Gasteiger partial charge >= 0.3 is 0 Å². The van der Waals surface area contributed by atoms with E-state index in [2.05, 4.69) is 4.90 Å². The highest BCUT2D eigenvalue weighted by atomic mass is 19.2. The predicted octanol–water partition coefficient (Wildman–Crippen LogP) is 3.10. The molecule has 2 fully saturated rings. The van der Waals surface area contributed by atoms with Gasteiger partial charge in [-0.2, -0.15) is 0 Å². The number of rotatable bonds is 2. The van der Waals surface area contributed by atoms with Crippen LogP contribution in [0.5, 0.6) is 0 Å². The summed E-state index contributed by atoms with van der Waals surface area (Å²) in [6, 6.07) is 1.59. The molecule has 1 aromatic rings. The van der Waals surface area contributed by atoms with E-state index >= 15 is 0 Å². The number of benzene rings is 1. The minimum atomic E-state index is -1.13. The van der Waals surface area contributed by atoms with Crippen molar-refractivity contribution in [1.29, 1.82) is 0 Å². The fraction of sp³-hybridized carbons (Fsp3) is 0.600. The molecular weight excluding hydrogens is 267 g/mol. The topological polar surface area (TPSA) is 12.5 Å². The van der Waals surface area contributed by atoms with Gasteiger partial charge in [0, 0.05) is 37.9 Å². The third kappa shape index (κ3) is 2.83. The second kappa shape index (κ2) is 5.74. The van der Waals surface area contributed by atoms with Crippen molar-refractivity contribution >= 4 is 0 Å². The Balaban J connectivity index is 1.68. The monoisotopic (exact) mass is 285 g/mol. The fourth-order valence-electron chi connectivity index (χ4n) is 3.23. The van der Waals surface area contributed by atoms with Gasteiger partial charge in [0.25, 0.3) is 0 Å². The van der Waals surface area contributed by atoms with Crippen molar-refractivity contribution in [2.45, 2.75) is 31.9 Å². The molecule has 2 heterocycles. The lowest BCUT2D eigenvalue weighted by atomic mass is 9.88. The molecule has 2 atom stereocenters. The summed E-state index contributed by atoms with van der Waals surface area (Å²) in [7, 11) is 0. The van der Waals surface area contributed by atoms with Crippen molar-refractivity contribution in [1.82, 2.24) is 4.90 Å². The number of nitrogens with zero attached hydrogens (tertiary/aromatic N) is 1. The summed E-state index contributed by atoms with van der Waals surface area (Å²) in [5.41, 5.74) is 0.221. The zero-order valence-electron chi connectivity index (χ0n) is 11.2. The van der Waals surface area contributed by atoms with Crippen LogP contribution in [0.1, 0.15) is 24.8 Å².